The van der Waals surface area contributed by atoms with E-state index in [4.69, 9.17) is 11.6 Å². The zero-order valence-electron chi connectivity index (χ0n) is 11.7. The molecule has 5 heteroatoms. The molecule has 1 atom stereocenters. The van der Waals surface area contributed by atoms with Gasteiger partial charge in [0, 0.05) is 32.4 Å². The summed E-state index contributed by atoms with van der Waals surface area (Å²) in [6.07, 6.45) is 5.44. The Morgan fingerprint density at radius 1 is 1.58 bits per heavy atom. The molecule has 0 spiro atoms. The molecule has 1 aliphatic rings. The Morgan fingerprint density at radius 2 is 2.37 bits per heavy atom. The van der Waals surface area contributed by atoms with Crippen LogP contribution in [0.5, 0.6) is 0 Å². The smallest absolute Gasteiger partial charge is 0.270 e. The highest BCUT2D eigenvalue weighted by molar-refractivity contribution is 6.31. The number of nitrogens with zero attached hydrogens (tertiary/aromatic N) is 2. The summed E-state index contributed by atoms with van der Waals surface area (Å²) >= 11 is 5.98. The van der Waals surface area contributed by atoms with Gasteiger partial charge in [0.05, 0.1) is 5.02 Å². The Labute approximate surface area is 119 Å². The standard InChI is InChI=1S/C14H22ClN3O/c1-3-18-9-11(15)8-13(18)14(19)17(2)10-12-6-4-5-7-16-12/h8-9,12,16H,3-7,10H2,1-2H3. The maximum Gasteiger partial charge on any atom is 0.270 e. The van der Waals surface area contributed by atoms with Crippen LogP contribution in [0.25, 0.3) is 0 Å². The molecule has 0 aromatic carbocycles. The van der Waals surface area contributed by atoms with Crippen molar-refractivity contribution < 1.29 is 4.79 Å². The molecule has 0 saturated carbocycles. The van der Waals surface area contributed by atoms with Gasteiger partial charge in [-0.15, -0.1) is 0 Å². The number of rotatable bonds is 4. The van der Waals surface area contributed by atoms with E-state index in [9.17, 15) is 4.79 Å². The Hall–Kier alpha value is -1.00. The van der Waals surface area contributed by atoms with Crippen molar-refractivity contribution in [2.24, 2.45) is 0 Å². The zero-order chi connectivity index (χ0) is 13.8. The molecule has 106 valence electrons. The summed E-state index contributed by atoms with van der Waals surface area (Å²) < 4.78 is 1.90. The lowest BCUT2D eigenvalue weighted by atomic mass is 10.0. The number of likely N-dealkylation sites (N-methyl/N-ethyl adjacent to an activating group) is 1. The minimum atomic E-state index is 0.0427. The van der Waals surface area contributed by atoms with E-state index < -0.39 is 0 Å². The van der Waals surface area contributed by atoms with Crippen LogP contribution in [0.1, 0.15) is 36.7 Å². The average Bonchev–Trinajstić information content (AvgIpc) is 2.80. The number of piperidine rings is 1. The van der Waals surface area contributed by atoms with Gasteiger partial charge in [0.2, 0.25) is 0 Å². The largest absolute Gasteiger partial charge is 0.342 e. The van der Waals surface area contributed by atoms with Crippen LogP contribution >= 0.6 is 11.6 Å². The number of amides is 1. The van der Waals surface area contributed by atoms with E-state index >= 15 is 0 Å². The second-order valence-corrected chi connectivity index (χ2v) is 5.60. The van der Waals surface area contributed by atoms with Crippen LogP contribution in [0.4, 0.5) is 0 Å². The van der Waals surface area contributed by atoms with E-state index in [1.54, 1.807) is 11.0 Å². The third kappa shape index (κ3) is 3.51. The van der Waals surface area contributed by atoms with Crippen molar-refractivity contribution in [2.45, 2.75) is 38.8 Å². The number of carbonyl (C=O) groups excluding carboxylic acids is 1. The quantitative estimate of drug-likeness (QED) is 0.921. The van der Waals surface area contributed by atoms with Crippen LogP contribution in [0, 0.1) is 0 Å². The third-order valence-corrected chi connectivity index (χ3v) is 3.88. The molecular formula is C14H22ClN3O. The normalized spacial score (nSPS) is 19.4. The van der Waals surface area contributed by atoms with Gasteiger partial charge in [0.1, 0.15) is 5.69 Å². The molecule has 19 heavy (non-hydrogen) atoms. The number of halogens is 1. The summed E-state index contributed by atoms with van der Waals surface area (Å²) in [7, 11) is 1.86. The molecule has 2 rings (SSSR count). The van der Waals surface area contributed by atoms with Crippen LogP contribution in [0.2, 0.25) is 5.02 Å². The SMILES string of the molecule is CCn1cc(Cl)cc1C(=O)N(C)CC1CCCCN1. The van der Waals surface area contributed by atoms with Gasteiger partial charge in [-0.05, 0) is 32.4 Å². The van der Waals surface area contributed by atoms with Gasteiger partial charge in [-0.3, -0.25) is 4.79 Å². The molecule has 4 nitrogen and oxygen atoms in total. The van der Waals surface area contributed by atoms with Crippen LogP contribution in [0.3, 0.4) is 0 Å². The van der Waals surface area contributed by atoms with Crippen molar-refractivity contribution in [2.75, 3.05) is 20.1 Å². The fraction of sp³-hybridized carbons (Fsp3) is 0.643. The Kier molecular flexibility index (Phi) is 4.88. The minimum absolute atomic E-state index is 0.0427. The number of hydrogen-bond acceptors (Lipinski definition) is 2. The van der Waals surface area contributed by atoms with E-state index in [0.29, 0.717) is 16.8 Å². The predicted molar refractivity (Wildman–Crippen MR) is 77.7 cm³/mol. The topological polar surface area (TPSA) is 37.3 Å². The maximum atomic E-state index is 12.4. The van der Waals surface area contributed by atoms with Crippen molar-refractivity contribution in [3.63, 3.8) is 0 Å². The lowest BCUT2D eigenvalue weighted by Crippen LogP contribution is -2.44. The number of aryl methyl sites for hydroxylation is 1. The molecular weight excluding hydrogens is 262 g/mol. The van der Waals surface area contributed by atoms with Gasteiger partial charge in [-0.2, -0.15) is 0 Å². The molecule has 1 amide bonds. The third-order valence-electron chi connectivity index (χ3n) is 3.68. The molecule has 1 aromatic rings. The monoisotopic (exact) mass is 283 g/mol. The van der Waals surface area contributed by atoms with E-state index in [2.05, 4.69) is 5.32 Å². The van der Waals surface area contributed by atoms with Crippen LogP contribution in [-0.2, 0) is 6.54 Å². The van der Waals surface area contributed by atoms with Gasteiger partial charge < -0.3 is 14.8 Å². The lowest BCUT2D eigenvalue weighted by Gasteiger charge is -2.28. The van der Waals surface area contributed by atoms with E-state index in [-0.39, 0.29) is 5.91 Å². The first-order chi connectivity index (χ1) is 9.11. The van der Waals surface area contributed by atoms with Crippen LogP contribution in [0.15, 0.2) is 12.3 Å². The molecule has 0 radical (unpaired) electrons. The number of hydrogen-bond donors (Lipinski definition) is 1. The molecule has 1 N–H and O–H groups in total. The van der Waals surface area contributed by atoms with Crippen molar-refractivity contribution in [1.29, 1.82) is 0 Å². The molecule has 1 saturated heterocycles. The first-order valence-electron chi connectivity index (χ1n) is 6.96. The van der Waals surface area contributed by atoms with E-state index in [1.807, 2.05) is 24.7 Å². The zero-order valence-corrected chi connectivity index (χ0v) is 12.4. The van der Waals surface area contributed by atoms with Crippen molar-refractivity contribution in [3.8, 4) is 0 Å². The van der Waals surface area contributed by atoms with E-state index in [1.165, 1.54) is 12.8 Å². The summed E-state index contributed by atoms with van der Waals surface area (Å²) in [5, 5.41) is 4.08. The maximum absolute atomic E-state index is 12.4. The summed E-state index contributed by atoms with van der Waals surface area (Å²) in [6, 6.07) is 2.17. The molecule has 2 heterocycles. The Morgan fingerprint density at radius 3 is 3.00 bits per heavy atom. The summed E-state index contributed by atoms with van der Waals surface area (Å²) in [4.78, 5) is 14.2. The van der Waals surface area contributed by atoms with Gasteiger partial charge in [0.15, 0.2) is 0 Å². The Balaban J connectivity index is 2.01. The van der Waals surface area contributed by atoms with Gasteiger partial charge in [0.25, 0.3) is 5.91 Å². The summed E-state index contributed by atoms with van der Waals surface area (Å²) in [5.41, 5.74) is 0.672. The van der Waals surface area contributed by atoms with Crippen LogP contribution in [-0.4, -0.2) is 41.6 Å². The van der Waals surface area contributed by atoms with Crippen LogP contribution < -0.4 is 5.32 Å². The molecule has 1 unspecified atom stereocenters. The van der Waals surface area contributed by atoms with Crippen molar-refractivity contribution in [1.82, 2.24) is 14.8 Å². The molecule has 0 aliphatic carbocycles. The fourth-order valence-corrected chi connectivity index (χ4v) is 2.83. The fourth-order valence-electron chi connectivity index (χ4n) is 2.60. The first kappa shape index (κ1) is 14.4. The van der Waals surface area contributed by atoms with Crippen molar-refractivity contribution >= 4 is 17.5 Å². The molecule has 0 bridgehead atoms. The average molecular weight is 284 g/mol. The molecule has 1 aliphatic heterocycles. The van der Waals surface area contributed by atoms with Crippen molar-refractivity contribution in [3.05, 3.63) is 23.0 Å². The second kappa shape index (κ2) is 6.44. The first-order valence-corrected chi connectivity index (χ1v) is 7.34. The summed E-state index contributed by atoms with van der Waals surface area (Å²) in [5.74, 6) is 0.0427. The lowest BCUT2D eigenvalue weighted by molar-refractivity contribution is 0.0765. The highest BCUT2D eigenvalue weighted by Gasteiger charge is 2.21. The summed E-state index contributed by atoms with van der Waals surface area (Å²) in [6.45, 7) is 4.58. The molecule has 1 fully saturated rings. The van der Waals surface area contributed by atoms with Gasteiger partial charge in [-0.1, -0.05) is 18.0 Å². The number of nitrogens with one attached hydrogen (secondary N) is 1. The van der Waals surface area contributed by atoms with E-state index in [0.717, 1.165) is 26.1 Å². The highest BCUT2D eigenvalue weighted by atomic mass is 35.5. The second-order valence-electron chi connectivity index (χ2n) is 5.16. The minimum Gasteiger partial charge on any atom is -0.342 e. The van der Waals surface area contributed by atoms with Gasteiger partial charge in [-0.25, -0.2) is 0 Å². The molecule has 1 aromatic heterocycles. The highest BCUT2D eigenvalue weighted by Crippen LogP contribution is 2.16. The number of aromatic nitrogens is 1. The predicted octanol–water partition coefficient (Wildman–Crippen LogP) is 2.38. The number of carbonyl (C=O) groups is 1. The van der Waals surface area contributed by atoms with Gasteiger partial charge >= 0.3 is 0 Å². The Bertz CT molecular complexity index is 438.